The van der Waals surface area contributed by atoms with Crippen molar-refractivity contribution in [1.82, 2.24) is 15.0 Å². The number of benzene rings is 1. The zero-order valence-corrected chi connectivity index (χ0v) is 19.3. The van der Waals surface area contributed by atoms with Gasteiger partial charge < -0.3 is 26.4 Å². The number of carbonyl (C=O) groups is 1. The van der Waals surface area contributed by atoms with Crippen LogP contribution in [0, 0.1) is 11.6 Å². The minimum atomic E-state index is -0.953. The van der Waals surface area contributed by atoms with E-state index in [1.54, 1.807) is 12.3 Å². The third-order valence-corrected chi connectivity index (χ3v) is 5.62. The fourth-order valence-electron chi connectivity index (χ4n) is 3.92. The number of pyridine rings is 1. The molecule has 1 saturated heterocycles. The number of ether oxygens (including phenoxy) is 1. The van der Waals surface area contributed by atoms with Crippen molar-refractivity contribution >= 4 is 23.0 Å². The maximum absolute atomic E-state index is 15.0. The van der Waals surface area contributed by atoms with Crippen LogP contribution in [0.3, 0.4) is 0 Å². The molecule has 2 aromatic heterocycles. The van der Waals surface area contributed by atoms with E-state index in [9.17, 15) is 9.18 Å². The largest absolute Gasteiger partial charge is 0.491 e. The summed E-state index contributed by atoms with van der Waals surface area (Å²) in [6, 6.07) is 4.08. The van der Waals surface area contributed by atoms with Crippen LogP contribution >= 0.6 is 0 Å². The van der Waals surface area contributed by atoms with Crippen LogP contribution in [0.2, 0.25) is 0 Å². The van der Waals surface area contributed by atoms with Crippen LogP contribution in [-0.4, -0.2) is 46.6 Å². The molecule has 0 radical (unpaired) electrons. The van der Waals surface area contributed by atoms with E-state index in [4.69, 9.17) is 16.2 Å². The van der Waals surface area contributed by atoms with E-state index >= 15 is 4.39 Å². The lowest BCUT2D eigenvalue weighted by molar-refractivity contribution is 0.102. The molecule has 1 fully saturated rings. The van der Waals surface area contributed by atoms with Gasteiger partial charge in [-0.25, -0.2) is 18.7 Å². The molecule has 4 rings (SSSR count). The molecule has 1 aliphatic rings. The highest BCUT2D eigenvalue weighted by Gasteiger charge is 2.24. The van der Waals surface area contributed by atoms with E-state index in [1.807, 2.05) is 6.92 Å². The van der Waals surface area contributed by atoms with Gasteiger partial charge in [-0.1, -0.05) is 6.92 Å². The third kappa shape index (κ3) is 5.29. The number of halogens is 2. The zero-order valence-electron chi connectivity index (χ0n) is 19.3. The number of hydrogen-bond donors (Lipinski definition) is 3. The molecule has 9 nitrogen and oxygen atoms in total. The van der Waals surface area contributed by atoms with Crippen LogP contribution < -0.4 is 26.4 Å². The maximum Gasteiger partial charge on any atom is 0.276 e. The normalized spacial score (nSPS) is 15.7. The Labute approximate surface area is 201 Å². The van der Waals surface area contributed by atoms with E-state index < -0.39 is 23.1 Å². The van der Waals surface area contributed by atoms with Crippen molar-refractivity contribution in [2.24, 2.45) is 5.73 Å². The minimum Gasteiger partial charge on any atom is -0.491 e. The molecule has 3 aromatic rings. The molecule has 35 heavy (non-hydrogen) atoms. The first-order valence-electron chi connectivity index (χ1n) is 11.4. The van der Waals surface area contributed by atoms with Gasteiger partial charge >= 0.3 is 0 Å². The van der Waals surface area contributed by atoms with Crippen molar-refractivity contribution in [3.63, 3.8) is 0 Å². The van der Waals surface area contributed by atoms with E-state index in [2.05, 4.69) is 25.2 Å². The number of rotatable bonds is 7. The van der Waals surface area contributed by atoms with Gasteiger partial charge in [-0.15, -0.1) is 0 Å². The molecule has 5 N–H and O–H groups in total. The maximum atomic E-state index is 15.0. The van der Waals surface area contributed by atoms with Crippen molar-refractivity contribution in [1.29, 1.82) is 0 Å². The number of aromatic nitrogens is 3. The van der Waals surface area contributed by atoms with Crippen molar-refractivity contribution in [2.45, 2.75) is 32.2 Å². The van der Waals surface area contributed by atoms with Gasteiger partial charge in [0.1, 0.15) is 5.82 Å². The monoisotopic (exact) mass is 483 g/mol. The van der Waals surface area contributed by atoms with Gasteiger partial charge in [0.25, 0.3) is 5.91 Å². The predicted octanol–water partition coefficient (Wildman–Crippen LogP) is 3.37. The first kappa shape index (κ1) is 24.3. The quantitative estimate of drug-likeness (QED) is 0.466. The fraction of sp³-hybridized carbons (Fsp3) is 0.333. The highest BCUT2D eigenvalue weighted by atomic mass is 19.1. The Bertz CT molecular complexity index is 1220. The Hall–Kier alpha value is -3.86. The standard InChI is InChI=1S/C24H27F2N7O2/c1-2-10-35-19-6-5-15(25)20(21(19)26)23-30-11-16(28)22(32-23)24(34)31-17-12-29-8-7-18(17)33-9-3-4-14(27)13-33/h5-8,11-12,14H,2-4,9-10,13,27-28H2,1H3,(H,31,34). The first-order chi connectivity index (χ1) is 16.9. The molecule has 1 amide bonds. The summed E-state index contributed by atoms with van der Waals surface area (Å²) in [7, 11) is 0. The SMILES string of the molecule is CCCOc1ccc(F)c(-c2ncc(N)c(C(=O)Nc3cnccc3N3CCCC(N)C3)n2)c1F. The molecular weight excluding hydrogens is 456 g/mol. The second-order valence-electron chi connectivity index (χ2n) is 8.28. The number of nitrogens with two attached hydrogens (primary N) is 2. The van der Waals surface area contributed by atoms with Crippen molar-refractivity contribution < 1.29 is 18.3 Å². The highest BCUT2D eigenvalue weighted by Crippen LogP contribution is 2.31. The summed E-state index contributed by atoms with van der Waals surface area (Å²) in [5, 5.41) is 2.76. The van der Waals surface area contributed by atoms with Crippen LogP contribution in [0.5, 0.6) is 5.75 Å². The van der Waals surface area contributed by atoms with Crippen molar-refractivity contribution in [2.75, 3.05) is 35.6 Å². The van der Waals surface area contributed by atoms with Gasteiger partial charge in [0, 0.05) is 25.3 Å². The number of nitrogens with zero attached hydrogens (tertiary/aromatic N) is 4. The van der Waals surface area contributed by atoms with Crippen molar-refractivity contribution in [3.05, 3.63) is 54.1 Å². The fourth-order valence-corrected chi connectivity index (χ4v) is 3.92. The Balaban J connectivity index is 1.64. The molecule has 1 aliphatic heterocycles. The summed E-state index contributed by atoms with van der Waals surface area (Å²) in [5.74, 6) is -2.96. The molecule has 1 atom stereocenters. The second kappa shape index (κ2) is 10.6. The molecule has 1 aromatic carbocycles. The first-order valence-corrected chi connectivity index (χ1v) is 11.4. The summed E-state index contributed by atoms with van der Waals surface area (Å²) in [6.07, 6.45) is 6.79. The van der Waals surface area contributed by atoms with E-state index in [0.717, 1.165) is 37.3 Å². The molecule has 0 saturated carbocycles. The molecule has 184 valence electrons. The Morgan fingerprint density at radius 1 is 1.29 bits per heavy atom. The van der Waals surface area contributed by atoms with Crippen LogP contribution in [0.4, 0.5) is 25.8 Å². The van der Waals surface area contributed by atoms with E-state index in [1.165, 1.54) is 12.3 Å². The average Bonchev–Trinajstić information content (AvgIpc) is 2.85. The smallest absolute Gasteiger partial charge is 0.276 e. The molecule has 0 bridgehead atoms. The lowest BCUT2D eigenvalue weighted by Crippen LogP contribution is -2.43. The van der Waals surface area contributed by atoms with Gasteiger partial charge in [0.15, 0.2) is 23.1 Å². The Kier molecular flexibility index (Phi) is 7.35. The van der Waals surface area contributed by atoms with Crippen LogP contribution in [0.1, 0.15) is 36.7 Å². The van der Waals surface area contributed by atoms with Crippen LogP contribution in [0.15, 0.2) is 36.8 Å². The number of amides is 1. The highest BCUT2D eigenvalue weighted by molar-refractivity contribution is 6.07. The number of nitrogens with one attached hydrogen (secondary N) is 1. The molecule has 1 unspecified atom stereocenters. The molecule has 11 heteroatoms. The summed E-state index contributed by atoms with van der Waals surface area (Å²) in [5.41, 5.74) is 12.5. The average molecular weight is 484 g/mol. The zero-order chi connectivity index (χ0) is 24.9. The lowest BCUT2D eigenvalue weighted by atomic mass is 10.1. The Morgan fingerprint density at radius 3 is 2.89 bits per heavy atom. The Morgan fingerprint density at radius 2 is 2.11 bits per heavy atom. The molecular formula is C24H27F2N7O2. The molecule has 0 spiro atoms. The number of carbonyl (C=O) groups excluding carboxylic acids is 1. The van der Waals surface area contributed by atoms with Crippen LogP contribution in [-0.2, 0) is 0 Å². The minimum absolute atomic E-state index is 0.0300. The van der Waals surface area contributed by atoms with Gasteiger partial charge in [-0.3, -0.25) is 9.78 Å². The van der Waals surface area contributed by atoms with E-state index in [-0.39, 0.29) is 35.6 Å². The van der Waals surface area contributed by atoms with Gasteiger partial charge in [-0.05, 0) is 37.5 Å². The second-order valence-corrected chi connectivity index (χ2v) is 8.28. The van der Waals surface area contributed by atoms with Crippen LogP contribution in [0.25, 0.3) is 11.4 Å². The summed E-state index contributed by atoms with van der Waals surface area (Å²) < 4.78 is 34.9. The topological polar surface area (TPSA) is 132 Å². The predicted molar refractivity (Wildman–Crippen MR) is 129 cm³/mol. The third-order valence-electron chi connectivity index (χ3n) is 5.62. The van der Waals surface area contributed by atoms with Gasteiger partial charge in [0.2, 0.25) is 0 Å². The van der Waals surface area contributed by atoms with Crippen molar-refractivity contribution in [3.8, 4) is 17.1 Å². The number of anilines is 3. The number of piperidine rings is 1. The molecule has 3 heterocycles. The molecule has 0 aliphatic carbocycles. The lowest BCUT2D eigenvalue weighted by Gasteiger charge is -2.33. The van der Waals surface area contributed by atoms with E-state index in [0.29, 0.717) is 18.7 Å². The number of nitrogen functional groups attached to an aromatic ring is 1. The summed E-state index contributed by atoms with van der Waals surface area (Å²) in [4.78, 5) is 27.4. The summed E-state index contributed by atoms with van der Waals surface area (Å²) in [6.45, 7) is 3.55. The van der Waals surface area contributed by atoms with Gasteiger partial charge in [-0.2, -0.15) is 0 Å². The number of hydrogen-bond acceptors (Lipinski definition) is 8. The van der Waals surface area contributed by atoms with Gasteiger partial charge in [0.05, 0.1) is 41.6 Å². The summed E-state index contributed by atoms with van der Waals surface area (Å²) >= 11 is 0.